The van der Waals surface area contributed by atoms with Crippen LogP contribution in [-0.2, 0) is 15.9 Å². The van der Waals surface area contributed by atoms with Gasteiger partial charge in [-0.1, -0.05) is 75.4 Å². The van der Waals surface area contributed by atoms with Gasteiger partial charge >= 0.3 is 0 Å². The molecule has 1 aliphatic rings. The molecule has 0 amide bonds. The Kier molecular flexibility index (Phi) is 7.67. The molecule has 140 valence electrons. The van der Waals surface area contributed by atoms with E-state index in [1.807, 2.05) is 19.9 Å². The topological polar surface area (TPSA) is 44.5 Å². The maximum absolute atomic E-state index is 6.34. The minimum Gasteiger partial charge on any atom is -0.348 e. The number of aryl methyl sites for hydroxylation is 1. The Morgan fingerprint density at radius 2 is 1.56 bits per heavy atom. The van der Waals surface area contributed by atoms with Gasteiger partial charge in [0.1, 0.15) is 0 Å². The number of ether oxygens (including phenoxy) is 2. The molecule has 3 nitrogen and oxygen atoms in total. The van der Waals surface area contributed by atoms with E-state index in [4.69, 9.17) is 15.2 Å². The van der Waals surface area contributed by atoms with Crippen molar-refractivity contribution < 1.29 is 9.47 Å². The minimum atomic E-state index is -0.549. The Bertz CT molecular complexity index is 523. The lowest BCUT2D eigenvalue weighted by Crippen LogP contribution is -2.55. The molecule has 1 heterocycles. The molecule has 0 unspecified atom stereocenters. The van der Waals surface area contributed by atoms with Crippen LogP contribution >= 0.6 is 0 Å². The summed E-state index contributed by atoms with van der Waals surface area (Å²) in [6.07, 6.45) is 13.3. The molecular formula is C22H35NO2. The van der Waals surface area contributed by atoms with E-state index < -0.39 is 11.3 Å². The lowest BCUT2D eigenvalue weighted by atomic mass is 9.99. The van der Waals surface area contributed by atoms with E-state index in [0.29, 0.717) is 13.2 Å². The van der Waals surface area contributed by atoms with Crippen molar-refractivity contribution in [2.45, 2.75) is 77.0 Å². The van der Waals surface area contributed by atoms with E-state index in [-0.39, 0.29) is 0 Å². The molecule has 3 heteroatoms. The highest BCUT2D eigenvalue weighted by Crippen LogP contribution is 2.23. The Balaban J connectivity index is 1.76. The lowest BCUT2D eigenvalue weighted by Gasteiger charge is -2.39. The number of hydrogen-bond donors (Lipinski definition) is 1. The fourth-order valence-electron chi connectivity index (χ4n) is 2.96. The van der Waals surface area contributed by atoms with Crippen LogP contribution in [0.2, 0.25) is 0 Å². The molecule has 2 rings (SSSR count). The van der Waals surface area contributed by atoms with Crippen LogP contribution in [-0.4, -0.2) is 24.5 Å². The molecule has 0 bridgehead atoms. The van der Waals surface area contributed by atoms with Gasteiger partial charge in [0.15, 0.2) is 5.79 Å². The summed E-state index contributed by atoms with van der Waals surface area (Å²) in [5.74, 6) is -0.533. The van der Waals surface area contributed by atoms with E-state index >= 15 is 0 Å². The van der Waals surface area contributed by atoms with Gasteiger partial charge in [-0.05, 0) is 37.8 Å². The van der Waals surface area contributed by atoms with E-state index in [9.17, 15) is 0 Å². The summed E-state index contributed by atoms with van der Waals surface area (Å²) in [7, 11) is 0. The summed E-state index contributed by atoms with van der Waals surface area (Å²) < 4.78 is 11.3. The minimum absolute atomic E-state index is 0.479. The monoisotopic (exact) mass is 345 g/mol. The van der Waals surface area contributed by atoms with E-state index in [2.05, 4.69) is 37.3 Å². The molecule has 2 N–H and O–H groups in total. The third-order valence-corrected chi connectivity index (χ3v) is 4.78. The second-order valence-electron chi connectivity index (χ2n) is 7.80. The van der Waals surface area contributed by atoms with E-state index in [1.165, 1.54) is 56.1 Å². The van der Waals surface area contributed by atoms with Crippen LogP contribution in [0.25, 0.3) is 6.08 Å². The molecular weight excluding hydrogens is 310 g/mol. The molecule has 0 radical (unpaired) electrons. The molecule has 0 saturated carbocycles. The SMILES string of the molecule is CCCCCCCCc1ccc(C=CC2(N)COC(C)(C)OC2)cc1. The second kappa shape index (κ2) is 9.51. The molecule has 1 fully saturated rings. The fraction of sp³-hybridized carbons (Fsp3) is 0.636. The molecule has 1 saturated heterocycles. The van der Waals surface area contributed by atoms with Gasteiger partial charge in [0.05, 0.1) is 18.8 Å². The molecule has 0 atom stereocenters. The average Bonchev–Trinajstić information content (AvgIpc) is 2.60. The van der Waals surface area contributed by atoms with Crippen molar-refractivity contribution in [2.75, 3.05) is 13.2 Å². The molecule has 0 aliphatic carbocycles. The normalized spacial score (nSPS) is 19.4. The smallest absolute Gasteiger partial charge is 0.162 e. The van der Waals surface area contributed by atoms with Crippen LogP contribution in [0.3, 0.4) is 0 Å². The predicted molar refractivity (Wildman–Crippen MR) is 105 cm³/mol. The van der Waals surface area contributed by atoms with Gasteiger partial charge in [0, 0.05) is 0 Å². The lowest BCUT2D eigenvalue weighted by molar-refractivity contribution is -0.260. The maximum atomic E-state index is 6.34. The fourth-order valence-corrected chi connectivity index (χ4v) is 2.96. The van der Waals surface area contributed by atoms with E-state index in [0.717, 1.165) is 0 Å². The van der Waals surface area contributed by atoms with Crippen LogP contribution in [0.1, 0.15) is 70.4 Å². The summed E-state index contributed by atoms with van der Waals surface area (Å²) in [4.78, 5) is 0. The first-order valence-electron chi connectivity index (χ1n) is 9.77. The zero-order valence-corrected chi connectivity index (χ0v) is 16.2. The molecule has 0 aromatic heterocycles. The van der Waals surface area contributed by atoms with Gasteiger partial charge in [-0.2, -0.15) is 0 Å². The molecule has 1 aromatic rings. The van der Waals surface area contributed by atoms with Gasteiger partial charge in [-0.15, -0.1) is 0 Å². The Morgan fingerprint density at radius 1 is 0.960 bits per heavy atom. The largest absolute Gasteiger partial charge is 0.348 e. The number of benzene rings is 1. The van der Waals surface area contributed by atoms with Crippen LogP contribution in [0.5, 0.6) is 0 Å². The van der Waals surface area contributed by atoms with Crippen molar-refractivity contribution >= 4 is 6.08 Å². The Morgan fingerprint density at radius 3 is 2.20 bits per heavy atom. The Hall–Kier alpha value is -1.16. The highest BCUT2D eigenvalue weighted by Gasteiger charge is 2.35. The van der Waals surface area contributed by atoms with Crippen molar-refractivity contribution in [3.8, 4) is 0 Å². The highest BCUT2D eigenvalue weighted by atomic mass is 16.7. The number of hydrogen-bond acceptors (Lipinski definition) is 3. The van der Waals surface area contributed by atoms with Crippen LogP contribution in [0, 0.1) is 0 Å². The summed E-state index contributed by atoms with van der Waals surface area (Å²) in [6, 6.07) is 8.79. The van der Waals surface area contributed by atoms with Crippen molar-refractivity contribution in [1.29, 1.82) is 0 Å². The number of nitrogens with two attached hydrogens (primary N) is 1. The first-order chi connectivity index (χ1) is 11.9. The quantitative estimate of drug-likeness (QED) is 0.635. The summed E-state index contributed by atoms with van der Waals surface area (Å²) in [6.45, 7) is 7.05. The van der Waals surface area contributed by atoms with Gasteiger partial charge in [0.25, 0.3) is 0 Å². The second-order valence-corrected chi connectivity index (χ2v) is 7.80. The Labute approximate surface area is 153 Å². The van der Waals surface area contributed by atoms with Gasteiger partial charge in [-0.25, -0.2) is 0 Å². The first-order valence-corrected chi connectivity index (χ1v) is 9.77. The third kappa shape index (κ3) is 7.31. The van der Waals surface area contributed by atoms with E-state index in [1.54, 1.807) is 0 Å². The summed E-state index contributed by atoms with van der Waals surface area (Å²) in [5.41, 5.74) is 8.37. The average molecular weight is 346 g/mol. The zero-order valence-electron chi connectivity index (χ0n) is 16.2. The molecule has 1 aromatic carbocycles. The van der Waals surface area contributed by atoms with Crippen LogP contribution in [0.4, 0.5) is 0 Å². The van der Waals surface area contributed by atoms with Crippen molar-refractivity contribution in [1.82, 2.24) is 0 Å². The standard InChI is InChI=1S/C22H35NO2/c1-4-5-6-7-8-9-10-19-11-13-20(14-12-19)15-16-22(23)17-24-21(2,3)25-18-22/h11-16H,4-10,17-18,23H2,1-3H3. The van der Waals surface area contributed by atoms with Crippen LogP contribution < -0.4 is 5.73 Å². The molecule has 25 heavy (non-hydrogen) atoms. The third-order valence-electron chi connectivity index (χ3n) is 4.78. The van der Waals surface area contributed by atoms with Crippen molar-refractivity contribution in [3.05, 3.63) is 41.5 Å². The highest BCUT2D eigenvalue weighted by molar-refractivity contribution is 5.51. The number of rotatable bonds is 9. The first kappa shape index (κ1) is 20.2. The summed E-state index contributed by atoms with van der Waals surface area (Å²) in [5, 5.41) is 0. The van der Waals surface area contributed by atoms with Gasteiger partial charge < -0.3 is 15.2 Å². The zero-order chi connectivity index (χ0) is 18.2. The predicted octanol–water partition coefficient (Wildman–Crippen LogP) is 5.08. The molecule has 1 aliphatic heterocycles. The van der Waals surface area contributed by atoms with Crippen molar-refractivity contribution in [3.63, 3.8) is 0 Å². The van der Waals surface area contributed by atoms with Gasteiger partial charge in [0.2, 0.25) is 0 Å². The summed E-state index contributed by atoms with van der Waals surface area (Å²) >= 11 is 0. The maximum Gasteiger partial charge on any atom is 0.162 e. The molecule has 0 spiro atoms. The van der Waals surface area contributed by atoms with Crippen LogP contribution in [0.15, 0.2) is 30.3 Å². The van der Waals surface area contributed by atoms with Gasteiger partial charge in [-0.3, -0.25) is 0 Å². The van der Waals surface area contributed by atoms with Crippen molar-refractivity contribution in [2.24, 2.45) is 5.73 Å². The number of unbranched alkanes of at least 4 members (excludes halogenated alkanes) is 5.